The van der Waals surface area contributed by atoms with Gasteiger partial charge in [0, 0.05) is 43.3 Å². The number of nitrogens with two attached hydrogens (primary N) is 3. The highest BCUT2D eigenvalue weighted by Gasteiger charge is 2.34. The van der Waals surface area contributed by atoms with Crippen molar-refractivity contribution in [3.63, 3.8) is 0 Å². The zero-order valence-corrected chi connectivity index (χ0v) is 22.5. The summed E-state index contributed by atoms with van der Waals surface area (Å²) < 4.78 is 0. The minimum Gasteiger partial charge on any atom is -0.382 e. The molecule has 2 amide bonds. The number of halogens is 2. The van der Waals surface area contributed by atoms with E-state index in [1.165, 1.54) is 0 Å². The van der Waals surface area contributed by atoms with E-state index in [1.54, 1.807) is 0 Å². The molecule has 1 atom stereocenters. The monoisotopic (exact) mass is 548 g/mol. The van der Waals surface area contributed by atoms with Crippen LogP contribution in [0, 0.1) is 0 Å². The molecule has 10 nitrogen and oxygen atoms in total. The highest BCUT2D eigenvalue weighted by molar-refractivity contribution is 6.32. The van der Waals surface area contributed by atoms with E-state index in [-0.39, 0.29) is 29.0 Å². The van der Waals surface area contributed by atoms with Crippen LogP contribution in [0.25, 0.3) is 0 Å². The number of rotatable bonds is 8. The summed E-state index contributed by atoms with van der Waals surface area (Å²) >= 11 is 12.5. The van der Waals surface area contributed by atoms with Gasteiger partial charge in [-0.05, 0) is 55.6 Å². The molecule has 2 aliphatic rings. The van der Waals surface area contributed by atoms with E-state index < -0.39 is 5.91 Å². The van der Waals surface area contributed by atoms with Crippen LogP contribution in [-0.2, 0) is 17.8 Å². The zero-order valence-electron chi connectivity index (χ0n) is 21.0. The number of hydrogen-bond acceptors (Lipinski definition) is 8. The molecular formula is C25H34Cl2N8O2. The van der Waals surface area contributed by atoms with Crippen LogP contribution in [0.3, 0.4) is 0 Å². The van der Waals surface area contributed by atoms with Gasteiger partial charge in [-0.15, -0.1) is 0 Å². The first kappa shape index (κ1) is 27.4. The van der Waals surface area contributed by atoms with Crippen LogP contribution in [0.2, 0.25) is 10.2 Å². The summed E-state index contributed by atoms with van der Waals surface area (Å²) in [4.78, 5) is 38.6. The molecule has 2 fully saturated rings. The molecule has 12 heteroatoms. The molecule has 1 aromatic carbocycles. The van der Waals surface area contributed by atoms with Gasteiger partial charge in [0.05, 0.1) is 6.42 Å². The van der Waals surface area contributed by atoms with Crippen LogP contribution in [0.4, 0.5) is 11.6 Å². The Morgan fingerprint density at radius 2 is 1.78 bits per heavy atom. The molecule has 3 heterocycles. The minimum absolute atomic E-state index is 0.00516. The summed E-state index contributed by atoms with van der Waals surface area (Å²) in [7, 11) is 0. The Morgan fingerprint density at radius 1 is 1.05 bits per heavy atom. The summed E-state index contributed by atoms with van der Waals surface area (Å²) in [5.41, 5.74) is 18.6. The van der Waals surface area contributed by atoms with Gasteiger partial charge in [0.15, 0.2) is 22.5 Å². The van der Waals surface area contributed by atoms with Gasteiger partial charge in [-0.2, -0.15) is 0 Å². The Bertz CT molecular complexity index is 1160. The van der Waals surface area contributed by atoms with Crippen molar-refractivity contribution in [2.45, 2.75) is 51.2 Å². The Balaban J connectivity index is 1.37. The van der Waals surface area contributed by atoms with Crippen molar-refractivity contribution < 1.29 is 9.59 Å². The summed E-state index contributed by atoms with van der Waals surface area (Å²) in [6, 6.07) is 6.52. The van der Waals surface area contributed by atoms with Crippen molar-refractivity contribution in [1.29, 1.82) is 0 Å². The zero-order chi connectivity index (χ0) is 26.7. The van der Waals surface area contributed by atoms with Crippen molar-refractivity contribution in [3.05, 3.63) is 45.2 Å². The Morgan fingerprint density at radius 3 is 2.43 bits per heavy atom. The predicted octanol–water partition coefficient (Wildman–Crippen LogP) is 2.06. The maximum atomic E-state index is 11.5. The van der Waals surface area contributed by atoms with Crippen molar-refractivity contribution >= 4 is 46.7 Å². The van der Waals surface area contributed by atoms with Crippen LogP contribution < -0.4 is 22.1 Å². The fourth-order valence-corrected chi connectivity index (χ4v) is 5.90. The molecule has 6 N–H and O–H groups in total. The number of anilines is 2. The number of primary amides is 2. The number of piperidine rings is 1. The summed E-state index contributed by atoms with van der Waals surface area (Å²) in [5, 5.41) is 0.750. The maximum absolute atomic E-state index is 11.5. The van der Waals surface area contributed by atoms with Gasteiger partial charge in [-0.25, -0.2) is 9.97 Å². The van der Waals surface area contributed by atoms with Gasteiger partial charge < -0.3 is 22.1 Å². The largest absolute Gasteiger partial charge is 0.382 e. The van der Waals surface area contributed by atoms with Crippen molar-refractivity contribution in [3.8, 4) is 0 Å². The highest BCUT2D eigenvalue weighted by Crippen LogP contribution is 2.30. The first-order valence-corrected chi connectivity index (χ1v) is 13.3. The first-order chi connectivity index (χ1) is 17.7. The molecule has 0 bridgehead atoms. The lowest BCUT2D eigenvalue weighted by molar-refractivity contribution is -0.117. The third kappa shape index (κ3) is 6.43. The number of carbonyl (C=O) groups is 2. The molecule has 0 spiro atoms. The molecule has 37 heavy (non-hydrogen) atoms. The second kappa shape index (κ2) is 11.8. The summed E-state index contributed by atoms with van der Waals surface area (Å²) in [6.07, 6.45) is 3.31. The van der Waals surface area contributed by atoms with Gasteiger partial charge in [-0.3, -0.25) is 19.4 Å². The minimum atomic E-state index is -0.749. The van der Waals surface area contributed by atoms with Crippen molar-refractivity contribution in [2.24, 2.45) is 11.5 Å². The smallest absolute Gasteiger partial charge is 0.271 e. The number of hydrogen-bond donors (Lipinski definition) is 3. The Kier molecular flexibility index (Phi) is 8.74. The van der Waals surface area contributed by atoms with E-state index in [0.717, 1.165) is 69.7 Å². The van der Waals surface area contributed by atoms with Crippen LogP contribution in [0.5, 0.6) is 0 Å². The number of carbonyl (C=O) groups excluding carboxylic acids is 2. The van der Waals surface area contributed by atoms with Crippen LogP contribution in [0.1, 0.15) is 47.8 Å². The lowest BCUT2D eigenvalue weighted by atomic mass is 9.97. The van der Waals surface area contributed by atoms with Gasteiger partial charge >= 0.3 is 0 Å². The third-order valence-electron chi connectivity index (χ3n) is 7.35. The highest BCUT2D eigenvalue weighted by atomic mass is 35.5. The van der Waals surface area contributed by atoms with E-state index in [0.29, 0.717) is 22.9 Å². The Labute approximate surface area is 227 Å². The normalized spacial score (nSPS) is 19.8. The predicted molar refractivity (Wildman–Crippen MR) is 146 cm³/mol. The number of nitrogens with zero attached hydrogens (tertiary/aromatic N) is 5. The first-order valence-electron chi connectivity index (χ1n) is 12.6. The van der Waals surface area contributed by atoms with Gasteiger partial charge in [-0.1, -0.05) is 36.2 Å². The van der Waals surface area contributed by atoms with E-state index in [4.69, 9.17) is 40.4 Å². The number of aromatic nitrogens is 2. The number of piperazine rings is 1. The molecule has 0 aliphatic carbocycles. The number of likely N-dealkylation sites (tertiary alicyclic amines) is 1. The second-order valence-corrected chi connectivity index (χ2v) is 10.5. The molecule has 2 saturated heterocycles. The molecule has 4 rings (SSSR count). The molecule has 0 saturated carbocycles. The topological polar surface area (TPSA) is 148 Å². The van der Waals surface area contributed by atoms with Crippen LogP contribution >= 0.6 is 23.2 Å². The van der Waals surface area contributed by atoms with E-state index in [2.05, 4.69) is 31.6 Å². The molecular weight excluding hydrogens is 515 g/mol. The number of benzene rings is 1. The van der Waals surface area contributed by atoms with Gasteiger partial charge in [0.1, 0.15) is 0 Å². The third-order valence-corrected chi connectivity index (χ3v) is 7.84. The second-order valence-electron chi connectivity index (χ2n) is 9.75. The molecule has 1 aromatic heterocycles. The van der Waals surface area contributed by atoms with E-state index >= 15 is 0 Å². The fraction of sp³-hybridized carbons (Fsp3) is 0.520. The van der Waals surface area contributed by atoms with E-state index in [9.17, 15) is 9.59 Å². The maximum Gasteiger partial charge on any atom is 0.271 e. The van der Waals surface area contributed by atoms with Crippen molar-refractivity contribution in [2.75, 3.05) is 43.4 Å². The molecule has 0 radical (unpaired) electrons. The fourth-order valence-electron chi connectivity index (χ4n) is 5.46. The Hall–Kier alpha value is -2.66. The van der Waals surface area contributed by atoms with Crippen LogP contribution in [0.15, 0.2) is 18.2 Å². The average Bonchev–Trinajstić information content (AvgIpc) is 2.86. The van der Waals surface area contributed by atoms with Crippen molar-refractivity contribution in [1.82, 2.24) is 19.8 Å². The molecule has 0 unspecified atom stereocenters. The molecule has 200 valence electrons. The quantitative estimate of drug-likeness (QED) is 0.453. The molecule has 2 aliphatic heterocycles. The standard InChI is InChI=1S/C25H34Cl2N8O2/c1-2-18-14-34(25-22(27)31-21(24(30)37)23(29)32-25)9-10-35(18)19-5-7-33(8-6-19)13-15-3-4-17(26)11-16(15)12-20(28)36/h3-4,11,18-19H,2,5-10,12-14H2,1H3,(H2,28,36)(H2,29,32)(H2,30,37)/t18-/m0/s1. The molecule has 2 aromatic rings. The van der Waals surface area contributed by atoms with Gasteiger partial charge in [0.2, 0.25) is 5.91 Å². The number of nitrogen functional groups attached to an aromatic ring is 1. The lowest BCUT2D eigenvalue weighted by Crippen LogP contribution is -2.58. The SMILES string of the molecule is CC[C@H]1CN(c2nc(N)c(C(N)=O)nc2Cl)CCN1C1CCN(Cc2ccc(Cl)cc2CC(N)=O)CC1. The summed E-state index contributed by atoms with van der Waals surface area (Å²) in [5.74, 6) is -0.617. The number of amides is 2. The average molecular weight is 550 g/mol. The summed E-state index contributed by atoms with van der Waals surface area (Å²) in [6.45, 7) is 7.28. The van der Waals surface area contributed by atoms with Gasteiger partial charge in [0.25, 0.3) is 5.91 Å². The van der Waals surface area contributed by atoms with E-state index in [1.807, 2.05) is 18.2 Å². The lowest BCUT2D eigenvalue weighted by Gasteiger charge is -2.47. The van der Waals surface area contributed by atoms with Crippen LogP contribution in [-0.4, -0.2) is 76.4 Å².